The number of thiol groups is 1. The first-order chi connectivity index (χ1) is 11.2. The fourth-order valence-electron chi connectivity index (χ4n) is 1.95. The lowest BCUT2D eigenvalue weighted by molar-refractivity contribution is 0.102. The SMILES string of the molecule is O=C(Nc1cnn(-c2ncccn2)c1)c1cc(CS)ccc1Cl. The van der Waals surface area contributed by atoms with Crippen molar-refractivity contribution >= 4 is 35.8 Å². The highest BCUT2D eigenvalue weighted by atomic mass is 35.5. The molecule has 0 aliphatic rings. The van der Waals surface area contributed by atoms with Gasteiger partial charge >= 0.3 is 0 Å². The molecule has 0 saturated carbocycles. The standard InChI is InChI=1S/C15H12ClN5OS/c16-13-3-2-10(9-23)6-12(13)14(22)20-11-7-19-21(8-11)15-17-4-1-5-18-15/h1-8,23H,9H2,(H,20,22). The highest BCUT2D eigenvalue weighted by Gasteiger charge is 2.13. The van der Waals surface area contributed by atoms with E-state index in [0.717, 1.165) is 5.56 Å². The summed E-state index contributed by atoms with van der Waals surface area (Å²) < 4.78 is 1.47. The second-order valence-corrected chi connectivity index (χ2v) is 5.37. The number of amides is 1. The molecular weight excluding hydrogens is 334 g/mol. The molecule has 0 aliphatic heterocycles. The zero-order valence-electron chi connectivity index (χ0n) is 11.8. The summed E-state index contributed by atoms with van der Waals surface area (Å²) >= 11 is 10.3. The van der Waals surface area contributed by atoms with Crippen molar-refractivity contribution in [1.82, 2.24) is 19.7 Å². The second kappa shape index (κ2) is 6.80. The lowest BCUT2D eigenvalue weighted by Gasteiger charge is -2.06. The van der Waals surface area contributed by atoms with Crippen molar-refractivity contribution < 1.29 is 4.79 Å². The van der Waals surface area contributed by atoms with Crippen LogP contribution in [0.3, 0.4) is 0 Å². The number of anilines is 1. The van der Waals surface area contributed by atoms with E-state index in [1.54, 1.807) is 36.8 Å². The van der Waals surface area contributed by atoms with Gasteiger partial charge in [0.15, 0.2) is 0 Å². The van der Waals surface area contributed by atoms with Gasteiger partial charge in [-0.2, -0.15) is 17.7 Å². The molecule has 2 aromatic heterocycles. The van der Waals surface area contributed by atoms with E-state index in [1.807, 2.05) is 6.07 Å². The molecule has 8 heteroatoms. The Hall–Kier alpha value is -2.38. The molecule has 2 heterocycles. The molecule has 1 N–H and O–H groups in total. The van der Waals surface area contributed by atoms with Crippen molar-refractivity contribution in [1.29, 1.82) is 0 Å². The minimum absolute atomic E-state index is 0.313. The molecule has 0 atom stereocenters. The van der Waals surface area contributed by atoms with Crippen LogP contribution in [0.25, 0.3) is 5.95 Å². The summed E-state index contributed by atoms with van der Waals surface area (Å²) in [5, 5.41) is 7.26. The Morgan fingerprint density at radius 3 is 2.83 bits per heavy atom. The summed E-state index contributed by atoms with van der Waals surface area (Å²) in [4.78, 5) is 20.5. The number of benzene rings is 1. The molecule has 3 aromatic rings. The van der Waals surface area contributed by atoms with Gasteiger partial charge in [0.2, 0.25) is 5.95 Å². The Kier molecular flexibility index (Phi) is 4.59. The van der Waals surface area contributed by atoms with E-state index in [0.29, 0.717) is 28.0 Å². The highest BCUT2D eigenvalue weighted by Crippen LogP contribution is 2.20. The largest absolute Gasteiger partial charge is 0.319 e. The van der Waals surface area contributed by atoms with Crippen LogP contribution in [-0.4, -0.2) is 25.7 Å². The van der Waals surface area contributed by atoms with Gasteiger partial charge in [-0.05, 0) is 23.8 Å². The van der Waals surface area contributed by atoms with E-state index in [2.05, 4.69) is 33.0 Å². The summed E-state index contributed by atoms with van der Waals surface area (Å²) in [6.07, 6.45) is 6.38. The number of carbonyl (C=O) groups is 1. The molecule has 0 fully saturated rings. The van der Waals surface area contributed by atoms with Gasteiger partial charge in [0.25, 0.3) is 5.91 Å². The van der Waals surface area contributed by atoms with Crippen LogP contribution in [0.1, 0.15) is 15.9 Å². The second-order valence-electron chi connectivity index (χ2n) is 4.65. The van der Waals surface area contributed by atoms with Crippen LogP contribution < -0.4 is 5.32 Å². The molecule has 0 unspecified atom stereocenters. The van der Waals surface area contributed by atoms with E-state index in [9.17, 15) is 4.79 Å². The Bertz CT molecular complexity index is 837. The lowest BCUT2D eigenvalue weighted by Crippen LogP contribution is -2.12. The molecule has 0 spiro atoms. The molecule has 0 radical (unpaired) electrons. The predicted molar refractivity (Wildman–Crippen MR) is 91.2 cm³/mol. The van der Waals surface area contributed by atoms with E-state index in [-0.39, 0.29) is 5.91 Å². The van der Waals surface area contributed by atoms with Crippen LogP contribution in [0, 0.1) is 0 Å². The number of hydrogen-bond acceptors (Lipinski definition) is 5. The van der Waals surface area contributed by atoms with Gasteiger partial charge in [0, 0.05) is 18.1 Å². The molecule has 0 bridgehead atoms. The molecular formula is C15H12ClN5OS. The minimum Gasteiger partial charge on any atom is -0.319 e. The van der Waals surface area contributed by atoms with Crippen molar-refractivity contribution in [3.63, 3.8) is 0 Å². The third-order valence-corrected chi connectivity index (χ3v) is 3.75. The molecule has 1 aromatic carbocycles. The minimum atomic E-state index is -0.313. The van der Waals surface area contributed by atoms with E-state index in [4.69, 9.17) is 11.6 Å². The van der Waals surface area contributed by atoms with Gasteiger partial charge in [0.05, 0.1) is 28.7 Å². The fourth-order valence-corrected chi connectivity index (χ4v) is 2.35. The Morgan fingerprint density at radius 2 is 2.09 bits per heavy atom. The summed E-state index contributed by atoms with van der Waals surface area (Å²) in [5.41, 5.74) is 1.83. The zero-order valence-corrected chi connectivity index (χ0v) is 13.5. The Balaban J connectivity index is 1.80. The van der Waals surface area contributed by atoms with Gasteiger partial charge in [-0.25, -0.2) is 14.6 Å². The van der Waals surface area contributed by atoms with Gasteiger partial charge in [0.1, 0.15) is 0 Å². The molecule has 23 heavy (non-hydrogen) atoms. The smallest absolute Gasteiger partial charge is 0.257 e. The number of aromatic nitrogens is 4. The summed E-state index contributed by atoms with van der Waals surface area (Å²) in [7, 11) is 0. The molecule has 6 nitrogen and oxygen atoms in total. The maximum atomic E-state index is 12.4. The van der Waals surface area contributed by atoms with Crippen molar-refractivity contribution in [2.45, 2.75) is 5.75 Å². The number of hydrogen-bond donors (Lipinski definition) is 2. The number of nitrogens with one attached hydrogen (secondary N) is 1. The van der Waals surface area contributed by atoms with Crippen LogP contribution in [0.15, 0.2) is 49.1 Å². The highest BCUT2D eigenvalue weighted by molar-refractivity contribution is 7.79. The maximum absolute atomic E-state index is 12.4. The van der Waals surface area contributed by atoms with Gasteiger partial charge in [-0.1, -0.05) is 17.7 Å². The fraction of sp³-hybridized carbons (Fsp3) is 0.0667. The topological polar surface area (TPSA) is 72.7 Å². The quantitative estimate of drug-likeness (QED) is 0.713. The van der Waals surface area contributed by atoms with E-state index >= 15 is 0 Å². The summed E-state index contributed by atoms with van der Waals surface area (Å²) in [5.74, 6) is 0.635. The van der Waals surface area contributed by atoms with Crippen molar-refractivity contribution in [2.75, 3.05) is 5.32 Å². The molecule has 1 amide bonds. The number of halogens is 1. The molecule has 0 aliphatic carbocycles. The van der Waals surface area contributed by atoms with Crippen molar-refractivity contribution in [2.24, 2.45) is 0 Å². The van der Waals surface area contributed by atoms with Crippen LogP contribution in [0.5, 0.6) is 0 Å². The summed E-state index contributed by atoms with van der Waals surface area (Å²) in [6.45, 7) is 0. The lowest BCUT2D eigenvalue weighted by atomic mass is 10.1. The van der Waals surface area contributed by atoms with Crippen LogP contribution in [0.4, 0.5) is 5.69 Å². The van der Waals surface area contributed by atoms with Gasteiger partial charge < -0.3 is 5.32 Å². The molecule has 3 rings (SSSR count). The Labute approximate surface area is 142 Å². The van der Waals surface area contributed by atoms with Crippen molar-refractivity contribution in [3.8, 4) is 5.95 Å². The first-order valence-electron chi connectivity index (χ1n) is 6.70. The maximum Gasteiger partial charge on any atom is 0.257 e. The summed E-state index contributed by atoms with van der Waals surface area (Å²) in [6, 6.07) is 6.95. The third-order valence-electron chi connectivity index (χ3n) is 3.06. The predicted octanol–water partition coefficient (Wildman–Crippen LogP) is 3.00. The molecule has 116 valence electrons. The van der Waals surface area contributed by atoms with Gasteiger partial charge in [-0.15, -0.1) is 0 Å². The zero-order chi connectivity index (χ0) is 16.2. The van der Waals surface area contributed by atoms with Gasteiger partial charge in [-0.3, -0.25) is 4.79 Å². The Morgan fingerprint density at radius 1 is 1.30 bits per heavy atom. The number of rotatable bonds is 4. The normalized spacial score (nSPS) is 10.5. The van der Waals surface area contributed by atoms with E-state index < -0.39 is 0 Å². The number of carbonyl (C=O) groups excluding carboxylic acids is 1. The first-order valence-corrected chi connectivity index (χ1v) is 7.71. The van der Waals surface area contributed by atoms with Crippen LogP contribution in [-0.2, 0) is 5.75 Å². The third kappa shape index (κ3) is 3.52. The average Bonchev–Trinajstić information content (AvgIpc) is 3.04. The molecule has 0 saturated heterocycles. The monoisotopic (exact) mass is 345 g/mol. The number of nitrogens with zero attached hydrogens (tertiary/aromatic N) is 4. The van der Waals surface area contributed by atoms with E-state index in [1.165, 1.54) is 10.9 Å². The van der Waals surface area contributed by atoms with Crippen LogP contribution >= 0.6 is 24.2 Å². The first kappa shape index (κ1) is 15.5. The van der Waals surface area contributed by atoms with Crippen molar-refractivity contribution in [3.05, 3.63) is 65.2 Å². The van der Waals surface area contributed by atoms with Crippen LogP contribution in [0.2, 0.25) is 5.02 Å². The average molecular weight is 346 g/mol.